The van der Waals surface area contributed by atoms with E-state index in [9.17, 15) is 9.59 Å². The number of nitrogens with one attached hydrogen (secondary N) is 1. The van der Waals surface area contributed by atoms with Crippen molar-refractivity contribution in [1.29, 1.82) is 0 Å². The summed E-state index contributed by atoms with van der Waals surface area (Å²) in [5, 5.41) is 11.4. The molecule has 1 atom stereocenters. The summed E-state index contributed by atoms with van der Waals surface area (Å²) in [4.78, 5) is 21.9. The number of carboxylic acid groups (broad SMARTS) is 1. The maximum absolute atomic E-state index is 11.0. The Morgan fingerprint density at radius 3 is 2.30 bits per heavy atom. The van der Waals surface area contributed by atoms with Crippen molar-refractivity contribution in [2.45, 2.75) is 38.5 Å². The average Bonchev–Trinajstić information content (AvgIpc) is 2.37. The van der Waals surface area contributed by atoms with Gasteiger partial charge >= 0.3 is 5.97 Å². The molecule has 0 fully saturated rings. The first-order chi connectivity index (χ1) is 9.40. The summed E-state index contributed by atoms with van der Waals surface area (Å²) in [6.07, 6.45) is 0. The molecule has 20 heavy (non-hydrogen) atoms. The van der Waals surface area contributed by atoms with Gasteiger partial charge in [-0.3, -0.25) is 4.79 Å². The Balaban J connectivity index is 2.46. The number of carbonyl (C=O) groups excluding carboxylic acids is 1. The topological polar surface area (TPSA) is 66.4 Å². The molecule has 0 bridgehead atoms. The van der Waals surface area contributed by atoms with Gasteiger partial charge in [-0.15, -0.1) is 0 Å². The molecular weight excluding hydrogens is 274 g/mol. The van der Waals surface area contributed by atoms with Crippen LogP contribution < -0.4 is 5.32 Å². The number of hydrogen-bond acceptors (Lipinski definition) is 3. The zero-order chi connectivity index (χ0) is 15.1. The third-order valence-corrected chi connectivity index (χ3v) is 3.98. The van der Waals surface area contributed by atoms with Crippen molar-refractivity contribution in [3.63, 3.8) is 0 Å². The molecule has 1 amide bonds. The fourth-order valence-electron chi connectivity index (χ4n) is 1.71. The Morgan fingerprint density at radius 2 is 1.85 bits per heavy atom. The minimum atomic E-state index is -0.997. The second-order valence-electron chi connectivity index (χ2n) is 5.00. The quantitative estimate of drug-likeness (QED) is 0.811. The lowest BCUT2D eigenvalue weighted by molar-refractivity contribution is -0.140. The van der Waals surface area contributed by atoms with Crippen LogP contribution in [-0.4, -0.2) is 28.8 Å². The van der Waals surface area contributed by atoms with Crippen LogP contribution in [0.2, 0.25) is 0 Å². The van der Waals surface area contributed by atoms with Crippen molar-refractivity contribution in [2.24, 2.45) is 0 Å². The molecule has 0 saturated heterocycles. The fraction of sp³-hybridized carbons (Fsp3) is 0.467. The molecule has 0 radical (unpaired) electrons. The lowest BCUT2D eigenvalue weighted by Gasteiger charge is -2.13. The summed E-state index contributed by atoms with van der Waals surface area (Å²) in [6.45, 7) is 5.62. The summed E-state index contributed by atoms with van der Waals surface area (Å²) in [6, 6.07) is 7.51. The Bertz CT molecular complexity index is 457. The van der Waals surface area contributed by atoms with Crippen molar-refractivity contribution in [3.05, 3.63) is 35.4 Å². The van der Waals surface area contributed by atoms with E-state index in [1.165, 1.54) is 24.2 Å². The molecule has 0 aliphatic heterocycles. The Labute approximate surface area is 124 Å². The van der Waals surface area contributed by atoms with E-state index in [4.69, 9.17) is 5.11 Å². The SMILES string of the molecule is CC(=O)N[C@@H](CSCc1ccc(C(C)C)cc1)C(=O)O. The highest BCUT2D eigenvalue weighted by molar-refractivity contribution is 7.98. The lowest BCUT2D eigenvalue weighted by Crippen LogP contribution is -2.41. The Kier molecular flexibility index (Phi) is 6.58. The van der Waals surface area contributed by atoms with E-state index in [2.05, 4.69) is 43.4 Å². The van der Waals surface area contributed by atoms with Gasteiger partial charge in [-0.05, 0) is 17.0 Å². The van der Waals surface area contributed by atoms with Crippen molar-refractivity contribution >= 4 is 23.6 Å². The van der Waals surface area contributed by atoms with Crippen LogP contribution in [0, 0.1) is 0 Å². The van der Waals surface area contributed by atoms with Gasteiger partial charge in [0.25, 0.3) is 0 Å². The summed E-state index contributed by atoms with van der Waals surface area (Å²) in [5.74, 6) is 0.290. The monoisotopic (exact) mass is 295 g/mol. The summed E-state index contributed by atoms with van der Waals surface area (Å²) < 4.78 is 0. The first-order valence-corrected chi connectivity index (χ1v) is 7.72. The molecule has 1 rings (SSSR count). The van der Waals surface area contributed by atoms with Crippen molar-refractivity contribution in [3.8, 4) is 0 Å². The van der Waals surface area contributed by atoms with Gasteiger partial charge in [0.1, 0.15) is 6.04 Å². The van der Waals surface area contributed by atoms with Gasteiger partial charge in [-0.25, -0.2) is 4.79 Å². The van der Waals surface area contributed by atoms with Crippen LogP contribution in [0.15, 0.2) is 24.3 Å². The highest BCUT2D eigenvalue weighted by Gasteiger charge is 2.17. The number of rotatable bonds is 7. The molecule has 0 spiro atoms. The largest absolute Gasteiger partial charge is 0.480 e. The first kappa shape index (κ1) is 16.6. The summed E-state index contributed by atoms with van der Waals surface area (Å²) in [5.41, 5.74) is 2.45. The highest BCUT2D eigenvalue weighted by Crippen LogP contribution is 2.18. The molecule has 0 aromatic heterocycles. The molecular formula is C15H21NO3S. The van der Waals surface area contributed by atoms with E-state index in [-0.39, 0.29) is 5.91 Å². The number of hydrogen-bond donors (Lipinski definition) is 2. The van der Waals surface area contributed by atoms with Gasteiger partial charge in [0.15, 0.2) is 0 Å². The van der Waals surface area contributed by atoms with Gasteiger partial charge in [0.05, 0.1) is 0 Å². The average molecular weight is 295 g/mol. The number of benzene rings is 1. The van der Waals surface area contributed by atoms with Crippen molar-refractivity contribution in [1.82, 2.24) is 5.32 Å². The number of thioether (sulfide) groups is 1. The Morgan fingerprint density at radius 1 is 1.25 bits per heavy atom. The van der Waals surface area contributed by atoms with Crippen LogP contribution in [-0.2, 0) is 15.3 Å². The minimum Gasteiger partial charge on any atom is -0.480 e. The maximum atomic E-state index is 11.0. The molecule has 110 valence electrons. The first-order valence-electron chi connectivity index (χ1n) is 6.56. The summed E-state index contributed by atoms with van der Waals surface area (Å²) >= 11 is 1.50. The second-order valence-corrected chi connectivity index (χ2v) is 6.03. The van der Waals surface area contributed by atoms with Crippen LogP contribution in [0.3, 0.4) is 0 Å². The van der Waals surface area contributed by atoms with Crippen LogP contribution in [0.1, 0.15) is 37.8 Å². The van der Waals surface area contributed by atoms with Crippen molar-refractivity contribution in [2.75, 3.05) is 5.75 Å². The molecule has 0 heterocycles. The third kappa shape index (κ3) is 5.65. The van der Waals surface area contributed by atoms with Gasteiger partial charge in [-0.1, -0.05) is 38.1 Å². The van der Waals surface area contributed by atoms with E-state index >= 15 is 0 Å². The van der Waals surface area contributed by atoms with Gasteiger partial charge < -0.3 is 10.4 Å². The number of carboxylic acids is 1. The molecule has 4 nitrogen and oxygen atoms in total. The summed E-state index contributed by atoms with van der Waals surface area (Å²) in [7, 11) is 0. The molecule has 2 N–H and O–H groups in total. The fourth-order valence-corrected chi connectivity index (χ4v) is 2.72. The van der Waals surface area contributed by atoms with E-state index in [0.717, 1.165) is 11.3 Å². The zero-order valence-corrected chi connectivity index (χ0v) is 12.9. The van der Waals surface area contributed by atoms with E-state index in [1.807, 2.05) is 0 Å². The van der Waals surface area contributed by atoms with Crippen LogP contribution >= 0.6 is 11.8 Å². The lowest BCUT2D eigenvalue weighted by atomic mass is 10.0. The van der Waals surface area contributed by atoms with Gasteiger partial charge in [0.2, 0.25) is 5.91 Å². The Hall–Kier alpha value is -1.49. The predicted molar refractivity (Wildman–Crippen MR) is 81.9 cm³/mol. The van der Waals surface area contributed by atoms with Crippen molar-refractivity contribution < 1.29 is 14.7 Å². The number of carbonyl (C=O) groups is 2. The molecule has 0 unspecified atom stereocenters. The molecule has 1 aromatic rings. The molecule has 0 aliphatic carbocycles. The molecule has 0 aliphatic rings. The molecule has 5 heteroatoms. The molecule has 0 saturated carbocycles. The van der Waals surface area contributed by atoms with Crippen LogP contribution in [0.4, 0.5) is 0 Å². The third-order valence-electron chi connectivity index (χ3n) is 2.88. The minimum absolute atomic E-state index is 0.320. The van der Waals surface area contributed by atoms with Crippen LogP contribution in [0.5, 0.6) is 0 Å². The van der Waals surface area contributed by atoms with Crippen LogP contribution in [0.25, 0.3) is 0 Å². The predicted octanol–water partition coefficient (Wildman–Crippen LogP) is 2.63. The van der Waals surface area contributed by atoms with Gasteiger partial charge in [0, 0.05) is 18.4 Å². The normalized spacial score (nSPS) is 12.2. The number of aliphatic carboxylic acids is 1. The second kappa shape index (κ2) is 7.94. The maximum Gasteiger partial charge on any atom is 0.327 e. The van der Waals surface area contributed by atoms with E-state index < -0.39 is 12.0 Å². The highest BCUT2D eigenvalue weighted by atomic mass is 32.2. The number of amides is 1. The zero-order valence-electron chi connectivity index (χ0n) is 12.1. The van der Waals surface area contributed by atoms with E-state index in [0.29, 0.717) is 11.7 Å². The van der Waals surface area contributed by atoms with E-state index in [1.54, 1.807) is 0 Å². The molecule has 1 aromatic carbocycles. The smallest absolute Gasteiger partial charge is 0.327 e. The van der Waals surface area contributed by atoms with Gasteiger partial charge in [-0.2, -0.15) is 11.8 Å². The standard InChI is InChI=1S/C15H21NO3S/c1-10(2)13-6-4-12(5-7-13)8-20-9-14(15(18)19)16-11(3)17/h4-7,10,14H,8-9H2,1-3H3,(H,16,17)(H,18,19)/t14-/m0/s1.